The molecule has 0 amide bonds. The predicted octanol–water partition coefficient (Wildman–Crippen LogP) is -2.83. The van der Waals surface area contributed by atoms with Crippen LogP contribution in [0.15, 0.2) is 18.2 Å². The molecule has 0 atom stereocenters. The number of pyridine rings is 1. The van der Waals surface area contributed by atoms with Crippen LogP contribution in [0.2, 0.25) is 0 Å². The summed E-state index contributed by atoms with van der Waals surface area (Å²) in [5.41, 5.74) is 10.4. The molecule has 2 aromatic rings. The first-order valence-corrected chi connectivity index (χ1v) is 14.6. The van der Waals surface area contributed by atoms with Crippen molar-refractivity contribution in [2.45, 2.75) is 55.1 Å². The van der Waals surface area contributed by atoms with Crippen molar-refractivity contribution in [2.24, 2.45) is 0 Å². The molecule has 1 aliphatic heterocycles. The van der Waals surface area contributed by atoms with E-state index < -0.39 is 0 Å². The number of rotatable bonds is 5. The fourth-order valence-corrected chi connectivity index (χ4v) is 13.3. The summed E-state index contributed by atoms with van der Waals surface area (Å²) in [7, 11) is 0. The van der Waals surface area contributed by atoms with Crippen LogP contribution in [0.3, 0.4) is 0 Å². The number of hydrogen-bond acceptors (Lipinski definition) is 4. The number of alkyl halides is 3. The molecule has 2 aliphatic rings. The van der Waals surface area contributed by atoms with Crippen LogP contribution in [-0.2, 0) is 6.61 Å². The van der Waals surface area contributed by atoms with Gasteiger partial charge in [-0.05, 0) is 0 Å². The number of nitrogens with zero attached hydrogens (tertiary/aromatic N) is 1. The summed E-state index contributed by atoms with van der Waals surface area (Å²) in [6.45, 7) is 2.39. The van der Waals surface area contributed by atoms with E-state index in [4.69, 9.17) is 10.7 Å². The molecule has 1 saturated heterocycles. The van der Waals surface area contributed by atoms with Gasteiger partial charge in [-0.15, -0.1) is 0 Å². The number of halogens is 2. The van der Waals surface area contributed by atoms with Gasteiger partial charge >= 0.3 is 177 Å². The van der Waals surface area contributed by atoms with Crippen LogP contribution < -0.4 is 53.5 Å². The molecule has 1 aromatic heterocycles. The van der Waals surface area contributed by atoms with Gasteiger partial charge < -0.3 is 0 Å². The van der Waals surface area contributed by atoms with Gasteiger partial charge in [0.2, 0.25) is 0 Å². The number of aliphatic hydroxyl groups excluding tert-OH is 1. The Balaban J connectivity index is 1.75. The van der Waals surface area contributed by atoms with Crippen LogP contribution >= 0.6 is 0 Å². The third-order valence-corrected chi connectivity index (χ3v) is 16.4. The zero-order valence-electron chi connectivity index (χ0n) is 15.2. The molecule has 1 saturated carbocycles. The van der Waals surface area contributed by atoms with E-state index in [1.54, 1.807) is 0 Å². The summed E-state index contributed by atoms with van der Waals surface area (Å²) in [5, 5.41) is 14.7. The fourth-order valence-electron chi connectivity index (χ4n) is 3.81. The molecule has 0 spiro atoms. The molecule has 1 aromatic carbocycles. The SMILES string of the molecule is CC1([I-]c2c(CO)nc3cccc(NC4CCCCC4)c3c2N)C[I-]C1. The van der Waals surface area contributed by atoms with Gasteiger partial charge in [-0.2, -0.15) is 0 Å². The average Bonchev–Trinajstić information content (AvgIpc) is 2.63. The summed E-state index contributed by atoms with van der Waals surface area (Å²) in [4.78, 5) is 4.82. The quantitative estimate of drug-likeness (QED) is 0.264. The van der Waals surface area contributed by atoms with E-state index in [9.17, 15) is 5.11 Å². The van der Waals surface area contributed by atoms with Gasteiger partial charge in [-0.1, -0.05) is 0 Å². The first kappa shape index (κ1) is 19.0. The van der Waals surface area contributed by atoms with Gasteiger partial charge in [0.05, 0.1) is 0 Å². The molecule has 0 bridgehead atoms. The van der Waals surface area contributed by atoms with Gasteiger partial charge in [0.1, 0.15) is 0 Å². The summed E-state index contributed by atoms with van der Waals surface area (Å²) in [6.07, 6.45) is 6.44. The zero-order chi connectivity index (χ0) is 18.1. The van der Waals surface area contributed by atoms with Crippen molar-refractivity contribution in [1.29, 1.82) is 0 Å². The number of aliphatic hydroxyl groups is 1. The van der Waals surface area contributed by atoms with Gasteiger partial charge in [-0.25, -0.2) is 0 Å². The minimum absolute atomic E-state index is 0.0133. The molecule has 4 nitrogen and oxygen atoms in total. The molecule has 2 heterocycles. The van der Waals surface area contributed by atoms with Gasteiger partial charge in [0, 0.05) is 0 Å². The van der Waals surface area contributed by atoms with E-state index in [0.717, 1.165) is 28.0 Å². The molecule has 0 radical (unpaired) electrons. The second kappa shape index (κ2) is 7.95. The van der Waals surface area contributed by atoms with Crippen LogP contribution in [-0.4, -0.2) is 28.4 Å². The topological polar surface area (TPSA) is 71.2 Å². The Morgan fingerprint density at radius 1 is 1.31 bits per heavy atom. The molecular formula is C20H27I2N3O-2. The Morgan fingerprint density at radius 3 is 2.73 bits per heavy atom. The van der Waals surface area contributed by atoms with E-state index in [1.165, 1.54) is 44.5 Å². The van der Waals surface area contributed by atoms with E-state index in [0.29, 0.717) is 30.7 Å². The maximum absolute atomic E-state index is 9.91. The Kier molecular flexibility index (Phi) is 5.80. The molecule has 4 rings (SSSR count). The summed E-state index contributed by atoms with van der Waals surface area (Å²) in [5.74, 6) is 0. The second-order valence-corrected chi connectivity index (χ2v) is 14.4. The van der Waals surface area contributed by atoms with Crippen molar-refractivity contribution in [1.82, 2.24) is 4.98 Å². The minimum atomic E-state index is -0.239. The zero-order valence-corrected chi connectivity index (χ0v) is 19.5. The normalized spacial score (nSPS) is 20.5. The maximum atomic E-state index is 9.91. The van der Waals surface area contributed by atoms with E-state index in [-0.39, 0.29) is 27.8 Å². The van der Waals surface area contributed by atoms with Crippen LogP contribution in [0.1, 0.15) is 44.7 Å². The number of nitrogen functional groups attached to an aromatic ring is 1. The number of aromatic nitrogens is 1. The summed E-state index contributed by atoms with van der Waals surface area (Å²) >= 11 is 0.177. The van der Waals surface area contributed by atoms with Crippen molar-refractivity contribution in [3.8, 4) is 0 Å². The first-order valence-electron chi connectivity index (χ1n) is 9.37. The molecule has 6 heteroatoms. The Hall–Kier alpha value is -0.350. The van der Waals surface area contributed by atoms with Crippen molar-refractivity contribution < 1.29 is 47.5 Å². The van der Waals surface area contributed by atoms with E-state index in [2.05, 4.69) is 18.3 Å². The molecule has 26 heavy (non-hydrogen) atoms. The number of fused-ring (bicyclic) bond motifs is 1. The van der Waals surface area contributed by atoms with E-state index in [1.807, 2.05) is 12.1 Å². The number of benzene rings is 1. The molecular weight excluding hydrogens is 552 g/mol. The second-order valence-electron chi connectivity index (χ2n) is 7.59. The van der Waals surface area contributed by atoms with Crippen LogP contribution in [0.25, 0.3) is 10.9 Å². The van der Waals surface area contributed by atoms with Gasteiger partial charge in [-0.3, -0.25) is 0 Å². The number of nitrogens with one attached hydrogen (secondary N) is 1. The van der Waals surface area contributed by atoms with Gasteiger partial charge in [0.15, 0.2) is 0 Å². The Morgan fingerprint density at radius 2 is 2.08 bits per heavy atom. The summed E-state index contributed by atoms with van der Waals surface area (Å²) in [6, 6.07) is 6.76. The standard InChI is InChI=1S/C20H27I2N3O/c1-20(11-21-12-20)22-18-16(10-26)25-15-9-5-8-14(17(15)19(18)23)24-13-6-3-2-4-7-13/h5,8-9,13,24,26H,2-4,6-7,10-12H2,1H3,(H2,23,25)/q-2. The molecule has 144 valence electrons. The van der Waals surface area contributed by atoms with E-state index >= 15 is 0 Å². The summed E-state index contributed by atoms with van der Waals surface area (Å²) < 4.78 is 4.43. The molecule has 1 aliphatic carbocycles. The van der Waals surface area contributed by atoms with Crippen LogP contribution in [0, 0.1) is 3.57 Å². The van der Waals surface area contributed by atoms with Crippen LogP contribution in [0.4, 0.5) is 11.4 Å². The molecule has 4 N–H and O–H groups in total. The Labute approximate surface area is 176 Å². The number of hydrogen-bond donors (Lipinski definition) is 3. The molecule has 2 fully saturated rings. The van der Waals surface area contributed by atoms with Crippen molar-refractivity contribution >= 4 is 22.3 Å². The van der Waals surface area contributed by atoms with Gasteiger partial charge in [0.25, 0.3) is 0 Å². The van der Waals surface area contributed by atoms with Crippen LogP contribution in [0.5, 0.6) is 0 Å². The fraction of sp³-hybridized carbons (Fsp3) is 0.550. The van der Waals surface area contributed by atoms with Crippen molar-refractivity contribution in [3.05, 3.63) is 27.5 Å². The number of nitrogens with two attached hydrogens (primary N) is 1. The van der Waals surface area contributed by atoms with Crippen molar-refractivity contribution in [2.75, 3.05) is 19.9 Å². The van der Waals surface area contributed by atoms with Crippen molar-refractivity contribution in [3.63, 3.8) is 0 Å². The molecule has 0 unspecified atom stereocenters. The third kappa shape index (κ3) is 3.78. The predicted molar refractivity (Wildman–Crippen MR) is 99.4 cm³/mol. The average molecular weight is 579 g/mol. The Bertz CT molecular complexity index is 801. The third-order valence-electron chi connectivity index (χ3n) is 5.24. The number of anilines is 2. The monoisotopic (exact) mass is 579 g/mol. The first-order chi connectivity index (χ1) is 12.6.